The van der Waals surface area contributed by atoms with Crippen LogP contribution < -0.4 is 5.32 Å². The Bertz CT molecular complexity index is 327. The fraction of sp³-hybridized carbons (Fsp3) is 0.500. The van der Waals surface area contributed by atoms with Gasteiger partial charge in [0, 0.05) is 6.04 Å². The Hall–Kier alpha value is -0.420. The van der Waals surface area contributed by atoms with Crippen LogP contribution in [0.4, 0.5) is 0 Å². The Morgan fingerprint density at radius 2 is 2.40 bits per heavy atom. The molecule has 0 saturated carbocycles. The Labute approximate surface area is 102 Å². The molecule has 0 aliphatic carbocycles. The lowest BCUT2D eigenvalue weighted by Crippen LogP contribution is -2.32. The molecule has 0 aliphatic rings. The minimum Gasteiger partial charge on any atom is -0.444 e. The van der Waals surface area contributed by atoms with Crippen molar-refractivity contribution >= 4 is 33.6 Å². The van der Waals surface area contributed by atoms with E-state index in [2.05, 4.69) is 27.5 Å². The van der Waals surface area contributed by atoms with Gasteiger partial charge in [-0.15, -0.1) is 0 Å². The van der Waals surface area contributed by atoms with Crippen molar-refractivity contribution in [3.05, 3.63) is 22.6 Å². The van der Waals surface area contributed by atoms with E-state index in [1.807, 2.05) is 6.92 Å². The van der Waals surface area contributed by atoms with Crippen molar-refractivity contribution in [2.24, 2.45) is 0 Å². The van der Waals surface area contributed by atoms with Crippen LogP contribution in [0.15, 0.2) is 21.2 Å². The topological polar surface area (TPSA) is 42.2 Å². The number of carbonyl (C=O) groups is 1. The molecule has 15 heavy (non-hydrogen) atoms. The zero-order chi connectivity index (χ0) is 11.3. The van der Waals surface area contributed by atoms with E-state index in [9.17, 15) is 4.79 Å². The Balaban J connectivity index is 2.42. The van der Waals surface area contributed by atoms with Crippen LogP contribution in [0.3, 0.4) is 0 Å². The van der Waals surface area contributed by atoms with E-state index in [0.29, 0.717) is 10.4 Å². The number of halogens is 1. The summed E-state index contributed by atoms with van der Waals surface area (Å²) in [5.41, 5.74) is 0. The number of thioether (sulfide) groups is 1. The van der Waals surface area contributed by atoms with Gasteiger partial charge >= 0.3 is 0 Å². The summed E-state index contributed by atoms with van der Waals surface area (Å²) in [4.78, 5) is 11.6. The quantitative estimate of drug-likeness (QED) is 0.907. The molecule has 0 saturated heterocycles. The highest BCUT2D eigenvalue weighted by Gasteiger charge is 2.12. The maximum atomic E-state index is 11.6. The zero-order valence-electron chi connectivity index (χ0n) is 8.75. The number of nitrogens with one attached hydrogen (secondary N) is 1. The van der Waals surface area contributed by atoms with Gasteiger partial charge in [0.25, 0.3) is 5.91 Å². The average Bonchev–Trinajstić information content (AvgIpc) is 2.61. The van der Waals surface area contributed by atoms with Crippen LogP contribution in [0.25, 0.3) is 0 Å². The lowest BCUT2D eigenvalue weighted by atomic mass is 10.2. The molecule has 0 aliphatic heterocycles. The highest BCUT2D eigenvalue weighted by atomic mass is 79.9. The molecule has 0 bridgehead atoms. The molecule has 1 unspecified atom stereocenters. The second-order valence-corrected chi connectivity index (χ2v) is 5.03. The molecule has 1 amide bonds. The van der Waals surface area contributed by atoms with E-state index in [-0.39, 0.29) is 11.9 Å². The summed E-state index contributed by atoms with van der Waals surface area (Å²) < 4.78 is 5.72. The van der Waals surface area contributed by atoms with E-state index in [1.54, 1.807) is 23.9 Å². The SMILES string of the molecule is CSCCC(C)NC(=O)c1ccc(Br)o1. The number of amides is 1. The monoisotopic (exact) mass is 291 g/mol. The first-order valence-corrected chi connectivity index (χ1v) is 6.87. The third-order valence-corrected chi connectivity index (χ3v) is 3.00. The molecule has 1 aromatic rings. The first-order chi connectivity index (χ1) is 7.13. The maximum absolute atomic E-state index is 11.6. The fourth-order valence-electron chi connectivity index (χ4n) is 1.10. The van der Waals surface area contributed by atoms with Crippen molar-refractivity contribution in [1.29, 1.82) is 0 Å². The van der Waals surface area contributed by atoms with Gasteiger partial charge < -0.3 is 9.73 Å². The second kappa shape index (κ2) is 6.23. The van der Waals surface area contributed by atoms with Crippen LogP contribution in [0.5, 0.6) is 0 Å². The summed E-state index contributed by atoms with van der Waals surface area (Å²) >= 11 is 4.93. The molecule has 1 heterocycles. The number of carbonyl (C=O) groups excluding carboxylic acids is 1. The minimum absolute atomic E-state index is 0.158. The summed E-state index contributed by atoms with van der Waals surface area (Å²) in [6.07, 6.45) is 3.02. The minimum atomic E-state index is -0.158. The van der Waals surface area contributed by atoms with Gasteiger partial charge in [-0.2, -0.15) is 11.8 Å². The van der Waals surface area contributed by atoms with Crippen molar-refractivity contribution in [1.82, 2.24) is 5.32 Å². The zero-order valence-corrected chi connectivity index (χ0v) is 11.2. The Kier molecular flexibility index (Phi) is 5.25. The molecular formula is C10H14BrNO2S. The van der Waals surface area contributed by atoms with Gasteiger partial charge in [-0.3, -0.25) is 4.79 Å². The summed E-state index contributed by atoms with van der Waals surface area (Å²) in [6.45, 7) is 1.99. The van der Waals surface area contributed by atoms with E-state index in [1.165, 1.54) is 0 Å². The maximum Gasteiger partial charge on any atom is 0.287 e. The normalized spacial score (nSPS) is 12.5. The van der Waals surface area contributed by atoms with Crippen molar-refractivity contribution in [2.75, 3.05) is 12.0 Å². The van der Waals surface area contributed by atoms with Crippen LogP contribution in [0.2, 0.25) is 0 Å². The number of rotatable bonds is 5. The van der Waals surface area contributed by atoms with Gasteiger partial charge in [0.2, 0.25) is 0 Å². The molecule has 1 N–H and O–H groups in total. The molecule has 1 aromatic heterocycles. The number of furan rings is 1. The van der Waals surface area contributed by atoms with Crippen LogP contribution in [0.1, 0.15) is 23.9 Å². The lowest BCUT2D eigenvalue weighted by molar-refractivity contribution is 0.0910. The summed E-state index contributed by atoms with van der Waals surface area (Å²) in [7, 11) is 0. The van der Waals surface area contributed by atoms with Crippen molar-refractivity contribution in [2.45, 2.75) is 19.4 Å². The molecular weight excluding hydrogens is 278 g/mol. The highest BCUT2D eigenvalue weighted by molar-refractivity contribution is 9.10. The summed E-state index contributed by atoms with van der Waals surface area (Å²) in [6, 6.07) is 3.54. The van der Waals surface area contributed by atoms with Gasteiger partial charge in [0.05, 0.1) is 0 Å². The molecule has 0 spiro atoms. The molecule has 1 atom stereocenters. The smallest absolute Gasteiger partial charge is 0.287 e. The van der Waals surface area contributed by atoms with Crippen LogP contribution in [-0.4, -0.2) is 24.0 Å². The first kappa shape index (κ1) is 12.6. The van der Waals surface area contributed by atoms with E-state index < -0.39 is 0 Å². The predicted molar refractivity (Wildman–Crippen MR) is 66.3 cm³/mol. The van der Waals surface area contributed by atoms with Gasteiger partial charge in [-0.25, -0.2) is 0 Å². The molecule has 84 valence electrons. The fourth-order valence-corrected chi connectivity index (χ4v) is 1.99. The largest absolute Gasteiger partial charge is 0.444 e. The Morgan fingerprint density at radius 3 is 2.93 bits per heavy atom. The molecule has 0 fully saturated rings. The van der Waals surface area contributed by atoms with Gasteiger partial charge in [-0.05, 0) is 53.4 Å². The van der Waals surface area contributed by atoms with Gasteiger partial charge in [0.1, 0.15) is 0 Å². The summed E-state index contributed by atoms with van der Waals surface area (Å²) in [5, 5.41) is 2.88. The third-order valence-electron chi connectivity index (χ3n) is 1.93. The highest BCUT2D eigenvalue weighted by Crippen LogP contribution is 2.14. The van der Waals surface area contributed by atoms with Crippen LogP contribution in [0, 0.1) is 0 Å². The molecule has 0 radical (unpaired) electrons. The van der Waals surface area contributed by atoms with E-state index >= 15 is 0 Å². The molecule has 3 nitrogen and oxygen atoms in total. The van der Waals surface area contributed by atoms with Crippen LogP contribution in [-0.2, 0) is 0 Å². The van der Waals surface area contributed by atoms with Crippen molar-refractivity contribution < 1.29 is 9.21 Å². The molecule has 5 heteroatoms. The van der Waals surface area contributed by atoms with E-state index in [0.717, 1.165) is 12.2 Å². The van der Waals surface area contributed by atoms with Crippen molar-refractivity contribution in [3.63, 3.8) is 0 Å². The Morgan fingerprint density at radius 1 is 1.67 bits per heavy atom. The van der Waals surface area contributed by atoms with Crippen LogP contribution >= 0.6 is 27.7 Å². The third kappa shape index (κ3) is 4.30. The second-order valence-electron chi connectivity index (χ2n) is 3.26. The first-order valence-electron chi connectivity index (χ1n) is 4.68. The number of hydrogen-bond donors (Lipinski definition) is 1. The predicted octanol–water partition coefficient (Wildman–Crippen LogP) is 2.91. The van der Waals surface area contributed by atoms with E-state index in [4.69, 9.17) is 4.42 Å². The molecule has 1 rings (SSSR count). The molecule has 0 aromatic carbocycles. The number of hydrogen-bond acceptors (Lipinski definition) is 3. The lowest BCUT2D eigenvalue weighted by Gasteiger charge is -2.11. The van der Waals surface area contributed by atoms with Gasteiger partial charge in [0.15, 0.2) is 10.4 Å². The summed E-state index contributed by atoms with van der Waals surface area (Å²) in [5.74, 6) is 1.23. The average molecular weight is 292 g/mol. The van der Waals surface area contributed by atoms with Gasteiger partial charge in [-0.1, -0.05) is 0 Å². The standard InChI is InChI=1S/C10H14BrNO2S/c1-7(5-6-15-2)12-10(13)8-3-4-9(11)14-8/h3-4,7H,5-6H2,1-2H3,(H,12,13). The van der Waals surface area contributed by atoms with Crippen molar-refractivity contribution in [3.8, 4) is 0 Å².